The summed E-state index contributed by atoms with van der Waals surface area (Å²) in [7, 11) is 0. The minimum atomic E-state index is -4.19. The van der Waals surface area contributed by atoms with Crippen LogP contribution in [0.3, 0.4) is 0 Å². The fourth-order valence-corrected chi connectivity index (χ4v) is 1.28. The number of nitrogens with two attached hydrogens (primary N) is 1. The van der Waals surface area contributed by atoms with Crippen molar-refractivity contribution in [3.8, 4) is 0 Å². The van der Waals surface area contributed by atoms with E-state index < -0.39 is 24.1 Å². The topological polar surface area (TPSA) is 46.2 Å². The summed E-state index contributed by atoms with van der Waals surface area (Å²) in [5.41, 5.74) is 4.05. The zero-order valence-electron chi connectivity index (χ0n) is 5.86. The van der Waals surface area contributed by atoms with Crippen LogP contribution in [0.5, 0.6) is 0 Å². The van der Waals surface area contributed by atoms with Crippen LogP contribution in [0.25, 0.3) is 0 Å². The predicted molar refractivity (Wildman–Crippen MR) is 32.7 cm³/mol. The first-order valence-electron chi connectivity index (χ1n) is 3.34. The third-order valence-electron chi connectivity index (χ3n) is 2.31. The second-order valence-corrected chi connectivity index (χ2v) is 3.02. The summed E-state index contributed by atoms with van der Waals surface area (Å²) in [5.74, 6) is -1.38. The highest BCUT2D eigenvalue weighted by molar-refractivity contribution is 5.05. The van der Waals surface area contributed by atoms with Gasteiger partial charge in [0.2, 0.25) is 0 Å². The van der Waals surface area contributed by atoms with E-state index in [2.05, 4.69) is 0 Å². The van der Waals surface area contributed by atoms with E-state index in [-0.39, 0.29) is 13.0 Å². The molecule has 0 saturated heterocycles. The third-order valence-corrected chi connectivity index (χ3v) is 2.31. The van der Waals surface area contributed by atoms with Crippen molar-refractivity contribution >= 4 is 0 Å². The molecular formula is C6H10F3NO. The number of hydrogen-bond donors (Lipinski definition) is 2. The van der Waals surface area contributed by atoms with Crippen molar-refractivity contribution in [2.24, 2.45) is 17.1 Å². The minimum Gasteiger partial charge on any atom is -0.396 e. The molecule has 2 nitrogen and oxygen atoms in total. The van der Waals surface area contributed by atoms with E-state index in [4.69, 9.17) is 10.8 Å². The lowest BCUT2D eigenvalue weighted by atomic mass is 10.1. The molecule has 1 rings (SSSR count). The van der Waals surface area contributed by atoms with Crippen LogP contribution in [-0.2, 0) is 0 Å². The average molecular weight is 169 g/mol. The second-order valence-electron chi connectivity index (χ2n) is 3.02. The van der Waals surface area contributed by atoms with Crippen LogP contribution >= 0.6 is 0 Å². The summed E-state index contributed by atoms with van der Waals surface area (Å²) >= 11 is 0. The van der Waals surface area contributed by atoms with Gasteiger partial charge in [-0.2, -0.15) is 13.2 Å². The molecule has 5 heteroatoms. The SMILES string of the molecule is NC[C@@]1(CO)C[C@H]1C(F)(F)F. The first kappa shape index (κ1) is 8.80. The molecule has 11 heavy (non-hydrogen) atoms. The number of hydrogen-bond acceptors (Lipinski definition) is 2. The van der Waals surface area contributed by atoms with Crippen LogP contribution in [-0.4, -0.2) is 24.4 Å². The number of alkyl halides is 3. The van der Waals surface area contributed by atoms with Crippen molar-refractivity contribution in [3.63, 3.8) is 0 Å². The summed E-state index contributed by atoms with van der Waals surface area (Å²) in [5, 5.41) is 8.61. The van der Waals surface area contributed by atoms with E-state index in [9.17, 15) is 13.2 Å². The van der Waals surface area contributed by atoms with Crippen LogP contribution in [0.15, 0.2) is 0 Å². The lowest BCUT2D eigenvalue weighted by Crippen LogP contribution is -2.27. The maximum Gasteiger partial charge on any atom is 0.392 e. The summed E-state index contributed by atoms with van der Waals surface area (Å²) in [6.45, 7) is -0.554. The maximum atomic E-state index is 11.9. The van der Waals surface area contributed by atoms with Gasteiger partial charge in [-0.3, -0.25) is 0 Å². The van der Waals surface area contributed by atoms with Gasteiger partial charge in [0.05, 0.1) is 12.5 Å². The van der Waals surface area contributed by atoms with Gasteiger partial charge >= 0.3 is 6.18 Å². The van der Waals surface area contributed by atoms with Gasteiger partial charge in [-0.05, 0) is 6.42 Å². The highest BCUT2D eigenvalue weighted by Gasteiger charge is 2.65. The Balaban J connectivity index is 2.58. The van der Waals surface area contributed by atoms with E-state index in [1.54, 1.807) is 0 Å². The van der Waals surface area contributed by atoms with Gasteiger partial charge in [0.15, 0.2) is 0 Å². The largest absolute Gasteiger partial charge is 0.396 e. The first-order valence-corrected chi connectivity index (χ1v) is 3.34. The molecule has 1 aliphatic carbocycles. The summed E-state index contributed by atoms with van der Waals surface area (Å²) in [6, 6.07) is 0. The smallest absolute Gasteiger partial charge is 0.392 e. The lowest BCUT2D eigenvalue weighted by Gasteiger charge is -2.12. The van der Waals surface area contributed by atoms with Gasteiger partial charge in [0, 0.05) is 12.0 Å². The van der Waals surface area contributed by atoms with E-state index in [0.717, 1.165) is 0 Å². The van der Waals surface area contributed by atoms with Crippen LogP contribution in [0, 0.1) is 11.3 Å². The van der Waals surface area contributed by atoms with E-state index in [0.29, 0.717) is 0 Å². The van der Waals surface area contributed by atoms with Gasteiger partial charge in [-0.1, -0.05) is 0 Å². The van der Waals surface area contributed by atoms with Crippen molar-refractivity contribution in [2.45, 2.75) is 12.6 Å². The van der Waals surface area contributed by atoms with Crippen LogP contribution in [0.2, 0.25) is 0 Å². The summed E-state index contributed by atoms with van der Waals surface area (Å²) in [4.78, 5) is 0. The Hall–Kier alpha value is -0.290. The molecule has 0 radical (unpaired) electrons. The Kier molecular flexibility index (Phi) is 1.88. The number of rotatable bonds is 2. The molecule has 0 bridgehead atoms. The van der Waals surface area contributed by atoms with Crippen molar-refractivity contribution in [3.05, 3.63) is 0 Å². The zero-order chi connectivity index (χ0) is 8.70. The first-order chi connectivity index (χ1) is 4.96. The molecule has 3 N–H and O–H groups in total. The Morgan fingerprint density at radius 1 is 1.55 bits per heavy atom. The van der Waals surface area contributed by atoms with Crippen molar-refractivity contribution in [1.82, 2.24) is 0 Å². The van der Waals surface area contributed by atoms with Gasteiger partial charge in [-0.15, -0.1) is 0 Å². The van der Waals surface area contributed by atoms with E-state index in [1.165, 1.54) is 0 Å². The van der Waals surface area contributed by atoms with Gasteiger partial charge < -0.3 is 10.8 Å². The molecule has 0 aromatic heterocycles. The Morgan fingerprint density at radius 2 is 2.09 bits per heavy atom. The standard InChI is InChI=1S/C6H10F3NO/c7-6(8,9)4-1-5(4,2-10)3-11/h4,11H,1-3,10H2/t4-,5-/m1/s1. The van der Waals surface area contributed by atoms with Crippen LogP contribution in [0.1, 0.15) is 6.42 Å². The predicted octanol–water partition coefficient (Wildman–Crippen LogP) is 0.506. The molecule has 66 valence electrons. The number of halogens is 3. The highest BCUT2D eigenvalue weighted by atomic mass is 19.4. The Bertz CT molecular complexity index is 152. The number of aliphatic hydroxyl groups is 1. The van der Waals surface area contributed by atoms with Gasteiger partial charge in [0.25, 0.3) is 0 Å². The molecule has 0 amide bonds. The average Bonchev–Trinajstić information content (AvgIpc) is 2.61. The van der Waals surface area contributed by atoms with Crippen molar-refractivity contribution in [1.29, 1.82) is 0 Å². The number of aliphatic hydroxyl groups excluding tert-OH is 1. The molecule has 1 aliphatic rings. The molecule has 0 aliphatic heterocycles. The second kappa shape index (κ2) is 2.35. The molecule has 0 aromatic rings. The fraction of sp³-hybridized carbons (Fsp3) is 1.00. The van der Waals surface area contributed by atoms with Crippen LogP contribution in [0.4, 0.5) is 13.2 Å². The quantitative estimate of drug-likeness (QED) is 0.632. The maximum absolute atomic E-state index is 11.9. The highest BCUT2D eigenvalue weighted by Crippen LogP contribution is 2.59. The summed E-state index contributed by atoms with van der Waals surface area (Å²) in [6.07, 6.45) is -4.22. The summed E-state index contributed by atoms with van der Waals surface area (Å²) < 4.78 is 35.8. The Labute approximate surface area is 62.2 Å². The van der Waals surface area contributed by atoms with E-state index in [1.807, 2.05) is 0 Å². The Morgan fingerprint density at radius 3 is 2.18 bits per heavy atom. The monoisotopic (exact) mass is 169 g/mol. The minimum absolute atomic E-state index is 0.0243. The van der Waals surface area contributed by atoms with E-state index >= 15 is 0 Å². The fourth-order valence-electron chi connectivity index (χ4n) is 1.28. The third kappa shape index (κ3) is 1.35. The van der Waals surface area contributed by atoms with Crippen molar-refractivity contribution in [2.75, 3.05) is 13.2 Å². The normalized spacial score (nSPS) is 37.4. The molecule has 1 fully saturated rings. The molecule has 0 aromatic carbocycles. The van der Waals surface area contributed by atoms with Gasteiger partial charge in [0.1, 0.15) is 0 Å². The molecule has 1 saturated carbocycles. The molecule has 2 atom stereocenters. The molecule has 0 heterocycles. The lowest BCUT2D eigenvalue weighted by molar-refractivity contribution is -0.157. The van der Waals surface area contributed by atoms with Gasteiger partial charge in [-0.25, -0.2) is 0 Å². The van der Waals surface area contributed by atoms with Crippen LogP contribution < -0.4 is 5.73 Å². The zero-order valence-corrected chi connectivity index (χ0v) is 5.86. The molecule has 0 spiro atoms. The molecule has 0 unspecified atom stereocenters. The molecular weight excluding hydrogens is 159 g/mol. The van der Waals surface area contributed by atoms with Crippen molar-refractivity contribution < 1.29 is 18.3 Å².